The third-order valence-electron chi connectivity index (χ3n) is 3.87. The molecule has 1 unspecified atom stereocenters. The van der Waals surface area contributed by atoms with Gasteiger partial charge in [0.1, 0.15) is 6.04 Å². The number of piperidine rings is 1. The van der Waals surface area contributed by atoms with Crippen LogP contribution in [0.4, 0.5) is 0 Å². The second kappa shape index (κ2) is 6.61. The second-order valence-electron chi connectivity index (χ2n) is 5.52. The lowest BCUT2D eigenvalue weighted by Gasteiger charge is -2.31. The summed E-state index contributed by atoms with van der Waals surface area (Å²) < 4.78 is 0. The molecule has 19 heavy (non-hydrogen) atoms. The number of amides is 1. The van der Waals surface area contributed by atoms with Crippen molar-refractivity contribution in [2.45, 2.75) is 32.2 Å². The highest BCUT2D eigenvalue weighted by Gasteiger charge is 2.34. The third-order valence-corrected chi connectivity index (χ3v) is 4.88. The van der Waals surface area contributed by atoms with Gasteiger partial charge in [0.2, 0.25) is 5.91 Å². The molecule has 6 heteroatoms. The number of carbonyl (C=O) groups is 2. The normalized spacial score (nSPS) is 28.6. The van der Waals surface area contributed by atoms with Crippen LogP contribution in [-0.4, -0.2) is 64.1 Å². The highest BCUT2D eigenvalue weighted by atomic mass is 32.2. The van der Waals surface area contributed by atoms with Crippen LogP contribution >= 0.6 is 11.8 Å². The zero-order valence-electron chi connectivity index (χ0n) is 11.4. The Morgan fingerprint density at radius 3 is 2.89 bits per heavy atom. The van der Waals surface area contributed by atoms with Crippen LogP contribution in [0.25, 0.3) is 0 Å². The Hall–Kier alpha value is -0.750. The first-order valence-electron chi connectivity index (χ1n) is 6.90. The molecule has 0 aromatic carbocycles. The van der Waals surface area contributed by atoms with Crippen molar-refractivity contribution < 1.29 is 14.7 Å². The lowest BCUT2D eigenvalue weighted by Crippen LogP contribution is -2.43. The SMILES string of the molecule is CC1CCCN(CCC(=O)N2CSC[C@H]2C(=O)O)C1. The molecule has 2 rings (SSSR count). The van der Waals surface area contributed by atoms with Crippen molar-refractivity contribution in [2.75, 3.05) is 31.3 Å². The minimum Gasteiger partial charge on any atom is -0.480 e. The van der Waals surface area contributed by atoms with Crippen molar-refractivity contribution in [3.05, 3.63) is 0 Å². The van der Waals surface area contributed by atoms with Gasteiger partial charge in [0.25, 0.3) is 0 Å². The fourth-order valence-corrected chi connectivity index (χ4v) is 3.95. The molecule has 1 N–H and O–H groups in total. The van der Waals surface area contributed by atoms with Crippen LogP contribution in [0.3, 0.4) is 0 Å². The van der Waals surface area contributed by atoms with Crippen molar-refractivity contribution in [1.29, 1.82) is 0 Å². The molecular formula is C13H22N2O3S. The second-order valence-corrected chi connectivity index (χ2v) is 6.52. The number of carbonyl (C=O) groups excluding carboxylic acids is 1. The Morgan fingerprint density at radius 1 is 1.42 bits per heavy atom. The molecule has 0 spiro atoms. The molecule has 0 aromatic heterocycles. The van der Waals surface area contributed by atoms with Gasteiger partial charge in [0, 0.05) is 25.3 Å². The number of hydrogen-bond acceptors (Lipinski definition) is 4. The summed E-state index contributed by atoms with van der Waals surface area (Å²) in [7, 11) is 0. The summed E-state index contributed by atoms with van der Waals surface area (Å²) in [4.78, 5) is 27.0. The molecule has 1 amide bonds. The highest BCUT2D eigenvalue weighted by Crippen LogP contribution is 2.22. The number of hydrogen-bond donors (Lipinski definition) is 1. The summed E-state index contributed by atoms with van der Waals surface area (Å²) >= 11 is 1.52. The molecule has 0 aliphatic carbocycles. The lowest BCUT2D eigenvalue weighted by molar-refractivity contribution is -0.147. The molecule has 0 saturated carbocycles. The van der Waals surface area contributed by atoms with Gasteiger partial charge in [-0.3, -0.25) is 4.79 Å². The van der Waals surface area contributed by atoms with Crippen LogP contribution in [0.2, 0.25) is 0 Å². The van der Waals surface area contributed by atoms with Crippen molar-refractivity contribution in [1.82, 2.24) is 9.80 Å². The number of carboxylic acid groups (broad SMARTS) is 1. The molecule has 2 aliphatic heterocycles. The molecular weight excluding hydrogens is 264 g/mol. The van der Waals surface area contributed by atoms with E-state index in [1.54, 1.807) is 0 Å². The van der Waals surface area contributed by atoms with E-state index in [-0.39, 0.29) is 5.91 Å². The van der Waals surface area contributed by atoms with E-state index >= 15 is 0 Å². The standard InChI is InChI=1S/C13H22N2O3S/c1-10-3-2-5-14(7-10)6-4-12(16)15-9-19-8-11(15)13(17)18/h10-11H,2-9H2,1H3,(H,17,18)/t10?,11-/m0/s1. The van der Waals surface area contributed by atoms with Crippen LogP contribution in [0.1, 0.15) is 26.2 Å². The number of likely N-dealkylation sites (tertiary alicyclic amines) is 1. The maximum atomic E-state index is 12.1. The fraction of sp³-hybridized carbons (Fsp3) is 0.846. The molecule has 0 aromatic rings. The van der Waals surface area contributed by atoms with E-state index in [9.17, 15) is 9.59 Å². The summed E-state index contributed by atoms with van der Waals surface area (Å²) in [5.41, 5.74) is 0. The van der Waals surface area contributed by atoms with Crippen molar-refractivity contribution in [3.8, 4) is 0 Å². The lowest BCUT2D eigenvalue weighted by atomic mass is 10.0. The number of aliphatic carboxylic acids is 1. The van der Waals surface area contributed by atoms with Crippen LogP contribution < -0.4 is 0 Å². The fourth-order valence-electron chi connectivity index (χ4n) is 2.78. The zero-order chi connectivity index (χ0) is 13.8. The Kier molecular flexibility index (Phi) is 5.10. The molecule has 2 atom stereocenters. The molecule has 2 heterocycles. The summed E-state index contributed by atoms with van der Waals surface area (Å²) in [6.45, 7) is 5.13. The molecule has 2 fully saturated rings. The van der Waals surface area contributed by atoms with Crippen LogP contribution in [0, 0.1) is 5.92 Å². The van der Waals surface area contributed by atoms with E-state index in [1.165, 1.54) is 29.5 Å². The smallest absolute Gasteiger partial charge is 0.327 e. The van der Waals surface area contributed by atoms with E-state index < -0.39 is 12.0 Å². The van der Waals surface area contributed by atoms with Crippen LogP contribution in [-0.2, 0) is 9.59 Å². The van der Waals surface area contributed by atoms with Gasteiger partial charge in [-0.1, -0.05) is 6.92 Å². The van der Waals surface area contributed by atoms with Crippen molar-refractivity contribution >= 4 is 23.6 Å². The van der Waals surface area contributed by atoms with E-state index in [2.05, 4.69) is 11.8 Å². The van der Waals surface area contributed by atoms with Crippen molar-refractivity contribution in [3.63, 3.8) is 0 Å². The maximum absolute atomic E-state index is 12.1. The number of thioether (sulfide) groups is 1. The Balaban J connectivity index is 1.79. The molecule has 0 bridgehead atoms. The van der Waals surface area contributed by atoms with Gasteiger partial charge in [-0.05, 0) is 25.3 Å². The van der Waals surface area contributed by atoms with Gasteiger partial charge in [0.15, 0.2) is 0 Å². The van der Waals surface area contributed by atoms with Gasteiger partial charge in [0.05, 0.1) is 5.88 Å². The monoisotopic (exact) mass is 286 g/mol. The van der Waals surface area contributed by atoms with Crippen LogP contribution in [0.15, 0.2) is 0 Å². The number of nitrogens with zero attached hydrogens (tertiary/aromatic N) is 2. The zero-order valence-corrected chi connectivity index (χ0v) is 12.2. The Morgan fingerprint density at radius 2 is 2.21 bits per heavy atom. The van der Waals surface area contributed by atoms with Gasteiger partial charge >= 0.3 is 5.97 Å². The molecule has 2 saturated heterocycles. The maximum Gasteiger partial charge on any atom is 0.327 e. The molecule has 2 aliphatic rings. The van der Waals surface area contributed by atoms with Gasteiger partial charge in [-0.15, -0.1) is 11.8 Å². The highest BCUT2D eigenvalue weighted by molar-refractivity contribution is 7.99. The van der Waals surface area contributed by atoms with E-state index in [0.717, 1.165) is 19.6 Å². The van der Waals surface area contributed by atoms with Crippen molar-refractivity contribution in [2.24, 2.45) is 5.92 Å². The first-order valence-corrected chi connectivity index (χ1v) is 8.05. The minimum atomic E-state index is -0.884. The third kappa shape index (κ3) is 3.86. The largest absolute Gasteiger partial charge is 0.480 e. The van der Waals surface area contributed by atoms with Gasteiger partial charge in [-0.25, -0.2) is 4.79 Å². The summed E-state index contributed by atoms with van der Waals surface area (Å²) in [5.74, 6) is 0.840. The summed E-state index contributed by atoms with van der Waals surface area (Å²) in [6, 6.07) is -0.627. The minimum absolute atomic E-state index is 0.0179. The Labute approximate surface area is 118 Å². The average Bonchev–Trinajstić information content (AvgIpc) is 2.85. The predicted molar refractivity (Wildman–Crippen MR) is 75.0 cm³/mol. The van der Waals surface area contributed by atoms with Gasteiger partial charge in [-0.2, -0.15) is 0 Å². The first-order chi connectivity index (χ1) is 9.08. The predicted octanol–water partition coefficient (Wildman–Crippen LogP) is 1.09. The quantitative estimate of drug-likeness (QED) is 0.838. The number of carboxylic acids is 1. The van der Waals surface area contributed by atoms with E-state index in [0.29, 0.717) is 24.0 Å². The molecule has 108 valence electrons. The Bertz CT molecular complexity index is 351. The average molecular weight is 286 g/mol. The summed E-state index contributed by atoms with van der Waals surface area (Å²) in [6.07, 6.45) is 2.91. The molecule has 5 nitrogen and oxygen atoms in total. The van der Waals surface area contributed by atoms with Gasteiger partial charge < -0.3 is 14.9 Å². The molecule has 0 radical (unpaired) electrons. The van der Waals surface area contributed by atoms with Crippen LogP contribution in [0.5, 0.6) is 0 Å². The summed E-state index contributed by atoms with van der Waals surface area (Å²) in [5, 5.41) is 9.07. The van der Waals surface area contributed by atoms with E-state index in [4.69, 9.17) is 5.11 Å². The topological polar surface area (TPSA) is 60.9 Å². The van der Waals surface area contributed by atoms with E-state index in [1.807, 2.05) is 0 Å². The first kappa shape index (κ1) is 14.7. The number of rotatable bonds is 4.